The van der Waals surface area contributed by atoms with Gasteiger partial charge in [0.15, 0.2) is 0 Å². The van der Waals surface area contributed by atoms with Crippen molar-refractivity contribution in [3.63, 3.8) is 0 Å². The van der Waals surface area contributed by atoms with Gasteiger partial charge in [0.1, 0.15) is 0 Å². The van der Waals surface area contributed by atoms with E-state index < -0.39 is 0 Å². The van der Waals surface area contributed by atoms with Gasteiger partial charge in [-0.25, -0.2) is 0 Å². The van der Waals surface area contributed by atoms with Crippen molar-refractivity contribution < 1.29 is 9.53 Å². The topological polar surface area (TPSA) is 29.5 Å². The number of nitrogens with zero attached hydrogens (tertiary/aromatic N) is 1. The summed E-state index contributed by atoms with van der Waals surface area (Å²) in [5.74, 6) is 0.810. The van der Waals surface area contributed by atoms with Crippen LogP contribution in [0.5, 0.6) is 0 Å². The fourth-order valence-corrected chi connectivity index (χ4v) is 1.15. The standard InChI is InChI=1S/C12H25NO2/c1-10(2)6-7-12(14)13(5)8-9-15-11(3)4/h10-11H,6-9H2,1-5H3. The summed E-state index contributed by atoms with van der Waals surface area (Å²) < 4.78 is 5.39. The van der Waals surface area contributed by atoms with Crippen molar-refractivity contribution in [2.24, 2.45) is 5.92 Å². The van der Waals surface area contributed by atoms with Crippen molar-refractivity contribution in [1.29, 1.82) is 0 Å². The molecule has 0 fully saturated rings. The third-order valence-electron chi connectivity index (χ3n) is 2.24. The van der Waals surface area contributed by atoms with Crippen molar-refractivity contribution in [1.82, 2.24) is 4.90 Å². The minimum atomic E-state index is 0.219. The third-order valence-corrected chi connectivity index (χ3v) is 2.24. The number of hydrogen-bond donors (Lipinski definition) is 0. The van der Waals surface area contributed by atoms with Crippen LogP contribution in [0.1, 0.15) is 40.5 Å². The summed E-state index contributed by atoms with van der Waals surface area (Å²) in [6, 6.07) is 0. The van der Waals surface area contributed by atoms with E-state index in [-0.39, 0.29) is 12.0 Å². The zero-order chi connectivity index (χ0) is 11.8. The Morgan fingerprint density at radius 3 is 2.33 bits per heavy atom. The van der Waals surface area contributed by atoms with Crippen LogP contribution in [0.25, 0.3) is 0 Å². The summed E-state index contributed by atoms with van der Waals surface area (Å²) in [6.45, 7) is 9.59. The Morgan fingerprint density at radius 1 is 1.27 bits per heavy atom. The predicted molar refractivity (Wildman–Crippen MR) is 62.8 cm³/mol. The van der Waals surface area contributed by atoms with E-state index in [0.29, 0.717) is 25.5 Å². The molecule has 3 heteroatoms. The molecule has 15 heavy (non-hydrogen) atoms. The summed E-state index contributed by atoms with van der Waals surface area (Å²) >= 11 is 0. The Morgan fingerprint density at radius 2 is 1.87 bits per heavy atom. The maximum Gasteiger partial charge on any atom is 0.222 e. The Labute approximate surface area is 93.8 Å². The maximum atomic E-state index is 11.6. The van der Waals surface area contributed by atoms with Crippen LogP contribution in [0.2, 0.25) is 0 Å². The van der Waals surface area contributed by atoms with Crippen molar-refractivity contribution in [2.75, 3.05) is 20.2 Å². The number of carbonyl (C=O) groups is 1. The minimum Gasteiger partial charge on any atom is -0.377 e. The highest BCUT2D eigenvalue weighted by Crippen LogP contribution is 2.05. The molecule has 0 unspecified atom stereocenters. The number of rotatable bonds is 7. The lowest BCUT2D eigenvalue weighted by Gasteiger charge is -2.18. The molecule has 0 aromatic carbocycles. The molecule has 1 amide bonds. The van der Waals surface area contributed by atoms with Gasteiger partial charge in [0, 0.05) is 20.0 Å². The van der Waals surface area contributed by atoms with Crippen LogP contribution in [-0.2, 0) is 9.53 Å². The van der Waals surface area contributed by atoms with Crippen molar-refractivity contribution in [3.05, 3.63) is 0 Å². The fraction of sp³-hybridized carbons (Fsp3) is 0.917. The SMILES string of the molecule is CC(C)CCC(=O)N(C)CCOC(C)C. The van der Waals surface area contributed by atoms with Crippen LogP contribution in [0, 0.1) is 5.92 Å². The van der Waals surface area contributed by atoms with Crippen LogP contribution in [0.4, 0.5) is 0 Å². The molecular formula is C12H25NO2. The molecule has 3 nitrogen and oxygen atoms in total. The molecule has 0 radical (unpaired) electrons. The quantitative estimate of drug-likeness (QED) is 0.652. The average molecular weight is 215 g/mol. The van der Waals surface area contributed by atoms with Crippen LogP contribution >= 0.6 is 0 Å². The normalized spacial score (nSPS) is 11.1. The van der Waals surface area contributed by atoms with Gasteiger partial charge in [0.25, 0.3) is 0 Å². The Balaban J connectivity index is 3.60. The molecule has 90 valence electrons. The molecule has 0 saturated carbocycles. The second kappa shape index (κ2) is 7.69. The molecule has 0 bridgehead atoms. The number of carbonyl (C=O) groups excluding carboxylic acids is 1. The van der Waals surface area contributed by atoms with E-state index in [9.17, 15) is 4.79 Å². The molecule has 0 saturated heterocycles. The molecule has 0 rings (SSSR count). The molecule has 0 aliphatic carbocycles. The molecule has 0 N–H and O–H groups in total. The van der Waals surface area contributed by atoms with E-state index in [4.69, 9.17) is 4.74 Å². The van der Waals surface area contributed by atoms with Gasteiger partial charge in [0.2, 0.25) is 5.91 Å². The Kier molecular flexibility index (Phi) is 7.39. The zero-order valence-electron chi connectivity index (χ0n) is 10.7. The van der Waals surface area contributed by atoms with Gasteiger partial charge >= 0.3 is 0 Å². The number of likely N-dealkylation sites (N-methyl/N-ethyl adjacent to an activating group) is 1. The van der Waals surface area contributed by atoms with Crippen molar-refractivity contribution >= 4 is 5.91 Å². The minimum absolute atomic E-state index is 0.219. The van der Waals surface area contributed by atoms with Crippen LogP contribution in [0.3, 0.4) is 0 Å². The Hall–Kier alpha value is -0.570. The van der Waals surface area contributed by atoms with Gasteiger partial charge in [-0.2, -0.15) is 0 Å². The zero-order valence-corrected chi connectivity index (χ0v) is 10.7. The summed E-state index contributed by atoms with van der Waals surface area (Å²) in [5, 5.41) is 0. The summed E-state index contributed by atoms with van der Waals surface area (Å²) in [4.78, 5) is 13.3. The van der Waals surface area contributed by atoms with Gasteiger partial charge in [0.05, 0.1) is 12.7 Å². The molecule has 0 aromatic rings. The lowest BCUT2D eigenvalue weighted by atomic mass is 10.1. The van der Waals surface area contributed by atoms with Gasteiger partial charge in [-0.1, -0.05) is 13.8 Å². The highest BCUT2D eigenvalue weighted by Gasteiger charge is 2.09. The molecule has 0 aromatic heterocycles. The average Bonchev–Trinajstić information content (AvgIpc) is 2.13. The van der Waals surface area contributed by atoms with E-state index in [1.165, 1.54) is 0 Å². The number of hydrogen-bond acceptors (Lipinski definition) is 2. The van der Waals surface area contributed by atoms with Gasteiger partial charge in [-0.05, 0) is 26.2 Å². The molecular weight excluding hydrogens is 190 g/mol. The van der Waals surface area contributed by atoms with Crippen LogP contribution < -0.4 is 0 Å². The Bertz CT molecular complexity index is 178. The first-order chi connectivity index (χ1) is 6.93. The van der Waals surface area contributed by atoms with Crippen LogP contribution in [0.15, 0.2) is 0 Å². The number of ether oxygens (including phenoxy) is 1. The van der Waals surface area contributed by atoms with Gasteiger partial charge in [-0.3, -0.25) is 4.79 Å². The predicted octanol–water partition coefficient (Wildman–Crippen LogP) is 2.31. The van der Waals surface area contributed by atoms with E-state index in [1.807, 2.05) is 20.9 Å². The molecule has 0 aliphatic rings. The highest BCUT2D eigenvalue weighted by molar-refractivity contribution is 5.75. The number of amides is 1. The summed E-state index contributed by atoms with van der Waals surface area (Å²) in [5.41, 5.74) is 0. The summed E-state index contributed by atoms with van der Waals surface area (Å²) in [7, 11) is 1.84. The maximum absolute atomic E-state index is 11.6. The highest BCUT2D eigenvalue weighted by atomic mass is 16.5. The van der Waals surface area contributed by atoms with Gasteiger partial charge in [-0.15, -0.1) is 0 Å². The monoisotopic (exact) mass is 215 g/mol. The molecule has 0 atom stereocenters. The smallest absolute Gasteiger partial charge is 0.222 e. The third kappa shape index (κ3) is 8.43. The van der Waals surface area contributed by atoms with Crippen molar-refractivity contribution in [2.45, 2.75) is 46.6 Å². The van der Waals surface area contributed by atoms with E-state index in [2.05, 4.69) is 13.8 Å². The van der Waals surface area contributed by atoms with E-state index in [0.717, 1.165) is 6.42 Å². The lowest BCUT2D eigenvalue weighted by molar-refractivity contribution is -0.131. The summed E-state index contributed by atoms with van der Waals surface area (Å²) in [6.07, 6.45) is 1.86. The lowest BCUT2D eigenvalue weighted by Crippen LogP contribution is -2.30. The first-order valence-corrected chi connectivity index (χ1v) is 5.79. The molecule has 0 spiro atoms. The second-order valence-electron chi connectivity index (χ2n) is 4.67. The second-order valence-corrected chi connectivity index (χ2v) is 4.67. The largest absolute Gasteiger partial charge is 0.377 e. The van der Waals surface area contributed by atoms with Crippen molar-refractivity contribution in [3.8, 4) is 0 Å². The van der Waals surface area contributed by atoms with E-state index in [1.54, 1.807) is 4.90 Å². The van der Waals surface area contributed by atoms with Gasteiger partial charge < -0.3 is 9.64 Å². The van der Waals surface area contributed by atoms with E-state index >= 15 is 0 Å². The molecule has 0 heterocycles. The van der Waals surface area contributed by atoms with Crippen LogP contribution in [-0.4, -0.2) is 37.1 Å². The first-order valence-electron chi connectivity index (χ1n) is 5.79. The molecule has 0 aliphatic heterocycles. The first kappa shape index (κ1) is 14.4. The fourth-order valence-electron chi connectivity index (χ4n) is 1.15.